The molecule has 0 aliphatic carbocycles. The molecule has 28 heavy (non-hydrogen) atoms. The number of rotatable bonds is 5. The molecule has 1 atom stereocenters. The maximum atomic E-state index is 12.6. The van der Waals surface area contributed by atoms with Crippen LogP contribution >= 0.6 is 0 Å². The van der Waals surface area contributed by atoms with Crippen molar-refractivity contribution in [3.05, 3.63) is 77.0 Å². The van der Waals surface area contributed by atoms with E-state index < -0.39 is 0 Å². The molecule has 1 aliphatic heterocycles. The summed E-state index contributed by atoms with van der Waals surface area (Å²) in [6.45, 7) is 7.78. The van der Waals surface area contributed by atoms with Crippen LogP contribution in [0.4, 0.5) is 0 Å². The number of amides is 1. The quantitative estimate of drug-likeness (QED) is 0.733. The number of benzene rings is 2. The van der Waals surface area contributed by atoms with E-state index in [2.05, 4.69) is 58.5 Å². The Hall–Kier alpha value is -2.72. The molecule has 4 heteroatoms. The summed E-state index contributed by atoms with van der Waals surface area (Å²) in [6, 6.07) is 18.6. The smallest absolute Gasteiger partial charge is 0.251 e. The summed E-state index contributed by atoms with van der Waals surface area (Å²) >= 11 is 0. The molecular weight excluding hydrogens is 346 g/mol. The first-order valence-electron chi connectivity index (χ1n) is 10.0. The van der Waals surface area contributed by atoms with Gasteiger partial charge in [-0.05, 0) is 62.1 Å². The standard InChI is InChI=1S/C24H27N3O/c1-17-14-18(2)26-23-15-20(8-9-22(17)23)24(28)25-11-13-27-12-10-21(16-27)19-6-4-3-5-7-19/h3-9,14-15,21H,10-13,16H2,1-2H3,(H,25,28)/t21-/m0/s1. The van der Waals surface area contributed by atoms with Crippen molar-refractivity contribution in [1.82, 2.24) is 15.2 Å². The third kappa shape index (κ3) is 4.07. The van der Waals surface area contributed by atoms with Gasteiger partial charge in [-0.1, -0.05) is 36.4 Å². The van der Waals surface area contributed by atoms with E-state index in [-0.39, 0.29) is 5.91 Å². The Morgan fingerprint density at radius 1 is 1.14 bits per heavy atom. The number of nitrogens with zero attached hydrogens (tertiary/aromatic N) is 2. The Morgan fingerprint density at radius 2 is 1.96 bits per heavy atom. The lowest BCUT2D eigenvalue weighted by atomic mass is 9.99. The fourth-order valence-electron chi connectivity index (χ4n) is 4.17. The summed E-state index contributed by atoms with van der Waals surface area (Å²) in [4.78, 5) is 19.6. The summed E-state index contributed by atoms with van der Waals surface area (Å²) < 4.78 is 0. The Balaban J connectivity index is 1.32. The molecule has 2 heterocycles. The van der Waals surface area contributed by atoms with E-state index in [0.717, 1.165) is 36.2 Å². The molecule has 144 valence electrons. The Kier molecular flexibility index (Phi) is 5.40. The van der Waals surface area contributed by atoms with E-state index >= 15 is 0 Å². The Bertz CT molecular complexity index is 984. The molecule has 0 unspecified atom stereocenters. The van der Waals surface area contributed by atoms with E-state index in [1.165, 1.54) is 17.5 Å². The van der Waals surface area contributed by atoms with Crippen LogP contribution in [0.2, 0.25) is 0 Å². The van der Waals surface area contributed by atoms with E-state index in [1.54, 1.807) is 0 Å². The van der Waals surface area contributed by atoms with Crippen molar-refractivity contribution in [3.8, 4) is 0 Å². The van der Waals surface area contributed by atoms with Crippen LogP contribution in [0.1, 0.15) is 39.5 Å². The number of aryl methyl sites for hydroxylation is 2. The van der Waals surface area contributed by atoms with E-state index in [9.17, 15) is 4.79 Å². The number of fused-ring (bicyclic) bond motifs is 1. The molecule has 3 aromatic rings. The largest absolute Gasteiger partial charge is 0.351 e. The van der Waals surface area contributed by atoms with Crippen LogP contribution in [0.25, 0.3) is 10.9 Å². The van der Waals surface area contributed by atoms with Crippen LogP contribution in [-0.4, -0.2) is 42.0 Å². The van der Waals surface area contributed by atoms with Crippen molar-refractivity contribution >= 4 is 16.8 Å². The molecule has 4 rings (SSSR count). The molecule has 1 amide bonds. The first-order valence-corrected chi connectivity index (χ1v) is 10.0. The first-order chi connectivity index (χ1) is 13.6. The maximum Gasteiger partial charge on any atom is 0.251 e. The van der Waals surface area contributed by atoms with Gasteiger partial charge >= 0.3 is 0 Å². The molecule has 0 bridgehead atoms. The lowest BCUT2D eigenvalue weighted by Crippen LogP contribution is -2.33. The minimum atomic E-state index is -0.0262. The van der Waals surface area contributed by atoms with Crippen molar-refractivity contribution in [2.45, 2.75) is 26.2 Å². The predicted octanol–water partition coefficient (Wildman–Crippen LogP) is 4.07. The highest BCUT2D eigenvalue weighted by Crippen LogP contribution is 2.26. The second kappa shape index (κ2) is 8.11. The average molecular weight is 374 g/mol. The first kappa shape index (κ1) is 18.6. The molecule has 1 saturated heterocycles. The van der Waals surface area contributed by atoms with E-state index in [0.29, 0.717) is 18.0 Å². The van der Waals surface area contributed by atoms with E-state index in [1.807, 2.05) is 25.1 Å². The van der Waals surface area contributed by atoms with Crippen molar-refractivity contribution in [1.29, 1.82) is 0 Å². The normalized spacial score (nSPS) is 17.1. The molecule has 2 aromatic carbocycles. The number of aromatic nitrogens is 1. The molecule has 1 N–H and O–H groups in total. The number of likely N-dealkylation sites (tertiary alicyclic amines) is 1. The third-order valence-electron chi connectivity index (χ3n) is 5.66. The van der Waals surface area contributed by atoms with Crippen LogP contribution < -0.4 is 5.32 Å². The molecular formula is C24H27N3O. The SMILES string of the molecule is Cc1cc(C)c2ccc(C(=O)NCCN3CC[C@H](c4ccccc4)C3)cc2n1. The van der Waals surface area contributed by atoms with Crippen molar-refractivity contribution in [2.75, 3.05) is 26.2 Å². The number of pyridine rings is 1. The molecule has 0 radical (unpaired) electrons. The highest BCUT2D eigenvalue weighted by atomic mass is 16.1. The summed E-state index contributed by atoms with van der Waals surface area (Å²) in [5.74, 6) is 0.580. The highest BCUT2D eigenvalue weighted by molar-refractivity contribution is 5.98. The fourth-order valence-corrected chi connectivity index (χ4v) is 4.17. The Labute approximate surface area is 166 Å². The van der Waals surface area contributed by atoms with Crippen LogP contribution in [0.15, 0.2) is 54.6 Å². The van der Waals surface area contributed by atoms with Gasteiger partial charge in [-0.3, -0.25) is 9.78 Å². The minimum Gasteiger partial charge on any atom is -0.351 e. The van der Waals surface area contributed by atoms with Crippen LogP contribution in [0, 0.1) is 13.8 Å². The lowest BCUT2D eigenvalue weighted by molar-refractivity contribution is 0.0950. The van der Waals surface area contributed by atoms with Gasteiger partial charge in [0.15, 0.2) is 0 Å². The van der Waals surface area contributed by atoms with Gasteiger partial charge in [0.05, 0.1) is 5.52 Å². The maximum absolute atomic E-state index is 12.6. The summed E-state index contributed by atoms with van der Waals surface area (Å²) in [5, 5.41) is 4.17. The lowest BCUT2D eigenvalue weighted by Gasteiger charge is -2.16. The summed E-state index contributed by atoms with van der Waals surface area (Å²) in [5.41, 5.74) is 5.15. The predicted molar refractivity (Wildman–Crippen MR) is 114 cm³/mol. The zero-order chi connectivity index (χ0) is 19.5. The van der Waals surface area contributed by atoms with Crippen LogP contribution in [0.5, 0.6) is 0 Å². The Morgan fingerprint density at radius 3 is 2.79 bits per heavy atom. The number of carbonyl (C=O) groups is 1. The fraction of sp³-hybridized carbons (Fsp3) is 0.333. The topological polar surface area (TPSA) is 45.2 Å². The van der Waals surface area contributed by atoms with Crippen LogP contribution in [-0.2, 0) is 0 Å². The van der Waals surface area contributed by atoms with Gasteiger partial charge in [0.1, 0.15) is 0 Å². The van der Waals surface area contributed by atoms with Gasteiger partial charge < -0.3 is 10.2 Å². The minimum absolute atomic E-state index is 0.0262. The monoisotopic (exact) mass is 373 g/mol. The third-order valence-corrected chi connectivity index (χ3v) is 5.66. The summed E-state index contributed by atoms with van der Waals surface area (Å²) in [6.07, 6.45) is 1.19. The van der Waals surface area contributed by atoms with Crippen molar-refractivity contribution < 1.29 is 4.79 Å². The molecule has 0 saturated carbocycles. The van der Waals surface area contributed by atoms with Crippen molar-refractivity contribution in [2.24, 2.45) is 0 Å². The van der Waals surface area contributed by atoms with Crippen LogP contribution in [0.3, 0.4) is 0 Å². The van der Waals surface area contributed by atoms with Gasteiger partial charge in [-0.2, -0.15) is 0 Å². The second-order valence-corrected chi connectivity index (χ2v) is 7.77. The number of carbonyl (C=O) groups excluding carboxylic acids is 1. The second-order valence-electron chi connectivity index (χ2n) is 7.77. The number of hydrogen-bond acceptors (Lipinski definition) is 3. The van der Waals surface area contributed by atoms with Gasteiger partial charge in [0, 0.05) is 36.3 Å². The van der Waals surface area contributed by atoms with Gasteiger partial charge in [-0.25, -0.2) is 0 Å². The molecule has 1 aliphatic rings. The summed E-state index contributed by atoms with van der Waals surface area (Å²) in [7, 11) is 0. The highest BCUT2D eigenvalue weighted by Gasteiger charge is 2.23. The molecule has 0 spiro atoms. The molecule has 1 aromatic heterocycles. The molecule has 4 nitrogen and oxygen atoms in total. The number of hydrogen-bond donors (Lipinski definition) is 1. The van der Waals surface area contributed by atoms with Gasteiger partial charge in [-0.15, -0.1) is 0 Å². The zero-order valence-corrected chi connectivity index (χ0v) is 16.6. The van der Waals surface area contributed by atoms with Crippen molar-refractivity contribution in [3.63, 3.8) is 0 Å². The average Bonchev–Trinajstić information content (AvgIpc) is 3.17. The van der Waals surface area contributed by atoms with Gasteiger partial charge in [0.2, 0.25) is 0 Å². The van der Waals surface area contributed by atoms with Gasteiger partial charge in [0.25, 0.3) is 5.91 Å². The van der Waals surface area contributed by atoms with E-state index in [4.69, 9.17) is 0 Å². The molecule has 1 fully saturated rings. The zero-order valence-electron chi connectivity index (χ0n) is 16.6. The number of nitrogens with one attached hydrogen (secondary N) is 1.